The van der Waals surface area contributed by atoms with E-state index in [2.05, 4.69) is 10.6 Å². The van der Waals surface area contributed by atoms with E-state index < -0.39 is 17.1 Å². The molecule has 0 heterocycles. The Hall–Kier alpha value is -4.07. The molecule has 1 atom stereocenters. The molecule has 0 aliphatic rings. The van der Waals surface area contributed by atoms with Crippen molar-refractivity contribution in [1.82, 2.24) is 0 Å². The standard InChI is InChI=1S/C28H21ClN2O4S/c29-23-12-6-7-13-24(23)31-27(33)25(18-8-2-1-3-9-18)36-20-16-14-19(15-17-20)30-26(32)21-10-4-5-11-22(21)28(34)35/h1-17,25H,(H,30,32)(H,31,33)(H,34,35). The highest BCUT2D eigenvalue weighted by atomic mass is 35.5. The van der Waals surface area contributed by atoms with Gasteiger partial charge in [-0.1, -0.05) is 66.2 Å². The Balaban J connectivity index is 1.51. The summed E-state index contributed by atoms with van der Waals surface area (Å²) < 4.78 is 0. The van der Waals surface area contributed by atoms with Crippen LogP contribution in [0, 0.1) is 0 Å². The Morgan fingerprint density at radius 3 is 2.00 bits per heavy atom. The Morgan fingerprint density at radius 1 is 0.722 bits per heavy atom. The number of hydrogen-bond acceptors (Lipinski definition) is 4. The largest absolute Gasteiger partial charge is 0.478 e. The third-order valence-corrected chi connectivity index (χ3v) is 6.84. The number of rotatable bonds is 8. The summed E-state index contributed by atoms with van der Waals surface area (Å²) >= 11 is 7.58. The molecule has 1 unspecified atom stereocenters. The van der Waals surface area contributed by atoms with Crippen LogP contribution in [-0.2, 0) is 4.79 Å². The Bertz CT molecular complexity index is 1390. The van der Waals surface area contributed by atoms with Crippen LogP contribution in [0.5, 0.6) is 0 Å². The van der Waals surface area contributed by atoms with Gasteiger partial charge in [0.25, 0.3) is 5.91 Å². The maximum absolute atomic E-state index is 13.2. The Kier molecular flexibility index (Phi) is 8.05. The van der Waals surface area contributed by atoms with E-state index >= 15 is 0 Å². The van der Waals surface area contributed by atoms with Crippen molar-refractivity contribution in [2.45, 2.75) is 10.1 Å². The minimum Gasteiger partial charge on any atom is -0.478 e. The highest BCUT2D eigenvalue weighted by Crippen LogP contribution is 2.37. The lowest BCUT2D eigenvalue weighted by Gasteiger charge is -2.18. The van der Waals surface area contributed by atoms with E-state index in [4.69, 9.17) is 11.6 Å². The zero-order valence-corrected chi connectivity index (χ0v) is 20.4. The normalized spacial score (nSPS) is 11.4. The second kappa shape index (κ2) is 11.6. The van der Waals surface area contributed by atoms with Crippen LogP contribution in [0.1, 0.15) is 31.5 Å². The zero-order valence-electron chi connectivity index (χ0n) is 18.9. The molecule has 4 aromatic carbocycles. The van der Waals surface area contributed by atoms with E-state index in [1.165, 1.54) is 23.9 Å². The molecule has 0 aromatic heterocycles. The van der Waals surface area contributed by atoms with Gasteiger partial charge in [0.1, 0.15) is 5.25 Å². The first-order valence-corrected chi connectivity index (χ1v) is 12.2. The van der Waals surface area contributed by atoms with Crippen LogP contribution in [0.15, 0.2) is 108 Å². The molecular weight excluding hydrogens is 496 g/mol. The predicted molar refractivity (Wildman–Crippen MR) is 143 cm³/mol. The number of hydrogen-bond donors (Lipinski definition) is 3. The lowest BCUT2D eigenvalue weighted by atomic mass is 10.1. The van der Waals surface area contributed by atoms with Gasteiger partial charge in [-0.3, -0.25) is 9.59 Å². The van der Waals surface area contributed by atoms with Gasteiger partial charge in [0.05, 0.1) is 21.8 Å². The highest BCUT2D eigenvalue weighted by molar-refractivity contribution is 8.00. The number of benzene rings is 4. The van der Waals surface area contributed by atoms with Crippen LogP contribution >= 0.6 is 23.4 Å². The maximum Gasteiger partial charge on any atom is 0.336 e. The summed E-state index contributed by atoms with van der Waals surface area (Å²) in [6.45, 7) is 0. The Labute approximate surface area is 217 Å². The summed E-state index contributed by atoms with van der Waals surface area (Å²) in [6.07, 6.45) is 0. The van der Waals surface area contributed by atoms with Gasteiger partial charge in [0.2, 0.25) is 5.91 Å². The van der Waals surface area contributed by atoms with E-state index in [0.29, 0.717) is 16.4 Å². The number of thioether (sulfide) groups is 1. The lowest BCUT2D eigenvalue weighted by Crippen LogP contribution is -2.19. The third-order valence-electron chi connectivity index (χ3n) is 5.24. The molecule has 0 bridgehead atoms. The zero-order chi connectivity index (χ0) is 25.5. The first-order valence-electron chi connectivity index (χ1n) is 10.9. The molecule has 0 saturated carbocycles. The number of nitrogens with one attached hydrogen (secondary N) is 2. The van der Waals surface area contributed by atoms with Crippen LogP contribution in [0.2, 0.25) is 5.02 Å². The molecule has 36 heavy (non-hydrogen) atoms. The summed E-state index contributed by atoms with van der Waals surface area (Å²) in [5.74, 6) is -1.91. The summed E-state index contributed by atoms with van der Waals surface area (Å²) in [5.41, 5.74) is 1.86. The minimum absolute atomic E-state index is 0.0718. The molecule has 2 amide bonds. The molecule has 6 nitrogen and oxygen atoms in total. The van der Waals surface area contributed by atoms with Gasteiger partial charge in [-0.15, -0.1) is 11.8 Å². The minimum atomic E-state index is -1.17. The van der Waals surface area contributed by atoms with Crippen LogP contribution in [-0.4, -0.2) is 22.9 Å². The van der Waals surface area contributed by atoms with Crippen molar-refractivity contribution >= 4 is 52.5 Å². The van der Waals surface area contributed by atoms with E-state index in [1.807, 2.05) is 30.3 Å². The monoisotopic (exact) mass is 516 g/mol. The summed E-state index contributed by atoms with van der Waals surface area (Å²) in [5, 5.41) is 14.9. The van der Waals surface area contributed by atoms with Gasteiger partial charge in [0.15, 0.2) is 0 Å². The predicted octanol–water partition coefficient (Wildman–Crippen LogP) is 6.76. The summed E-state index contributed by atoms with van der Waals surface area (Å²) in [7, 11) is 0. The van der Waals surface area contributed by atoms with Gasteiger partial charge in [-0.05, 0) is 54.1 Å². The molecule has 4 aromatic rings. The van der Waals surface area contributed by atoms with Crippen molar-refractivity contribution in [2.24, 2.45) is 0 Å². The molecule has 0 saturated heterocycles. The fraction of sp³-hybridized carbons (Fsp3) is 0.0357. The van der Waals surface area contributed by atoms with Crippen molar-refractivity contribution in [3.8, 4) is 0 Å². The van der Waals surface area contributed by atoms with E-state index in [9.17, 15) is 19.5 Å². The number of anilines is 2. The van der Waals surface area contributed by atoms with Crippen molar-refractivity contribution in [3.63, 3.8) is 0 Å². The molecular formula is C28H21ClN2O4S. The number of amides is 2. The molecule has 3 N–H and O–H groups in total. The summed E-state index contributed by atoms with van der Waals surface area (Å²) in [6, 6.07) is 29.5. The average molecular weight is 517 g/mol. The lowest BCUT2D eigenvalue weighted by molar-refractivity contribution is -0.115. The van der Waals surface area contributed by atoms with Crippen LogP contribution in [0.25, 0.3) is 0 Å². The molecule has 0 fully saturated rings. The van der Waals surface area contributed by atoms with E-state index in [0.717, 1.165) is 10.5 Å². The molecule has 0 aliphatic carbocycles. The Morgan fingerprint density at radius 2 is 1.33 bits per heavy atom. The van der Waals surface area contributed by atoms with E-state index in [-0.39, 0.29) is 17.0 Å². The van der Waals surface area contributed by atoms with Gasteiger partial charge < -0.3 is 15.7 Å². The second-order valence-corrected chi connectivity index (χ2v) is 9.29. The molecule has 0 radical (unpaired) electrons. The number of aromatic carboxylic acids is 1. The SMILES string of the molecule is O=C(O)c1ccccc1C(=O)Nc1ccc(SC(C(=O)Nc2ccccc2Cl)c2ccccc2)cc1. The topological polar surface area (TPSA) is 95.5 Å². The maximum atomic E-state index is 13.2. The number of carboxylic acid groups (broad SMARTS) is 1. The van der Waals surface area contributed by atoms with Gasteiger partial charge in [-0.25, -0.2) is 4.79 Å². The highest BCUT2D eigenvalue weighted by Gasteiger charge is 2.23. The number of carboxylic acids is 1. The van der Waals surface area contributed by atoms with Crippen molar-refractivity contribution in [2.75, 3.05) is 10.6 Å². The molecule has 180 valence electrons. The van der Waals surface area contributed by atoms with Gasteiger partial charge >= 0.3 is 5.97 Å². The van der Waals surface area contributed by atoms with Crippen molar-refractivity contribution in [1.29, 1.82) is 0 Å². The van der Waals surface area contributed by atoms with Crippen LogP contribution in [0.3, 0.4) is 0 Å². The number of halogens is 1. The second-order valence-electron chi connectivity index (χ2n) is 7.71. The number of carbonyl (C=O) groups is 3. The molecule has 8 heteroatoms. The van der Waals surface area contributed by atoms with Crippen molar-refractivity contribution in [3.05, 3.63) is 125 Å². The van der Waals surface area contributed by atoms with Crippen molar-refractivity contribution < 1.29 is 19.5 Å². The third kappa shape index (κ3) is 6.13. The molecule has 4 rings (SSSR count). The first kappa shape index (κ1) is 25.0. The fourth-order valence-electron chi connectivity index (χ4n) is 3.48. The van der Waals surface area contributed by atoms with Crippen LogP contribution < -0.4 is 10.6 Å². The van der Waals surface area contributed by atoms with Crippen LogP contribution in [0.4, 0.5) is 11.4 Å². The van der Waals surface area contributed by atoms with Gasteiger partial charge in [0, 0.05) is 10.6 Å². The van der Waals surface area contributed by atoms with E-state index in [1.54, 1.807) is 60.7 Å². The quantitative estimate of drug-likeness (QED) is 0.225. The molecule has 0 spiro atoms. The van der Waals surface area contributed by atoms with Gasteiger partial charge in [-0.2, -0.15) is 0 Å². The molecule has 0 aliphatic heterocycles. The fourth-order valence-corrected chi connectivity index (χ4v) is 4.69. The smallest absolute Gasteiger partial charge is 0.336 e. The number of carbonyl (C=O) groups excluding carboxylic acids is 2. The first-order chi connectivity index (χ1) is 17.4. The number of para-hydroxylation sites is 1. The average Bonchev–Trinajstić information content (AvgIpc) is 2.90. The summed E-state index contributed by atoms with van der Waals surface area (Å²) in [4.78, 5) is 38.1.